The van der Waals surface area contributed by atoms with Gasteiger partial charge < -0.3 is 15.1 Å². The monoisotopic (exact) mass is 537 g/mol. The second-order valence-electron chi connectivity index (χ2n) is 6.83. The molecule has 0 bridgehead atoms. The van der Waals surface area contributed by atoms with Crippen LogP contribution in [0.3, 0.4) is 0 Å². The van der Waals surface area contributed by atoms with Crippen LogP contribution < -0.4 is 10.2 Å². The molecule has 1 aliphatic rings. The second kappa shape index (κ2) is 10.6. The van der Waals surface area contributed by atoms with Gasteiger partial charge in [0, 0.05) is 62.8 Å². The first-order chi connectivity index (χ1) is 14.2. The quantitative estimate of drug-likeness (QED) is 0.314. The average molecular weight is 538 g/mol. The molecule has 0 unspecified atom stereocenters. The number of rotatable bonds is 4. The third kappa shape index (κ3) is 5.42. The van der Waals surface area contributed by atoms with Crippen LogP contribution in [-0.2, 0) is 6.54 Å². The van der Waals surface area contributed by atoms with Gasteiger partial charge in [0.25, 0.3) is 0 Å². The Bertz CT molecular complexity index is 951. The zero-order valence-electron chi connectivity index (χ0n) is 16.8. The summed E-state index contributed by atoms with van der Waals surface area (Å²) in [4.78, 5) is 13.5. The van der Waals surface area contributed by atoms with Crippen LogP contribution in [0.1, 0.15) is 5.56 Å². The van der Waals surface area contributed by atoms with E-state index >= 15 is 0 Å². The number of halogens is 2. The Morgan fingerprint density at radius 1 is 1.10 bits per heavy atom. The van der Waals surface area contributed by atoms with Crippen molar-refractivity contribution in [1.82, 2.24) is 25.0 Å². The summed E-state index contributed by atoms with van der Waals surface area (Å²) in [6.45, 7) is 4.32. The summed E-state index contributed by atoms with van der Waals surface area (Å²) in [6, 6.07) is 13.7. The van der Waals surface area contributed by atoms with E-state index in [9.17, 15) is 0 Å². The molecule has 7 nitrogen and oxygen atoms in total. The molecule has 3 aromatic rings. The molecule has 2 aromatic heterocycles. The maximum atomic E-state index is 5.96. The molecule has 0 amide bonds. The molecule has 3 heterocycles. The van der Waals surface area contributed by atoms with Gasteiger partial charge in [0.2, 0.25) is 0 Å². The minimum atomic E-state index is 0. The van der Waals surface area contributed by atoms with E-state index in [4.69, 9.17) is 11.6 Å². The molecule has 0 atom stereocenters. The zero-order chi connectivity index (χ0) is 20.1. The number of piperazine rings is 1. The lowest BCUT2D eigenvalue weighted by molar-refractivity contribution is 0.371. The van der Waals surface area contributed by atoms with Crippen molar-refractivity contribution in [2.24, 2.45) is 4.99 Å². The molecule has 30 heavy (non-hydrogen) atoms. The average Bonchev–Trinajstić information content (AvgIpc) is 3.25. The van der Waals surface area contributed by atoms with E-state index in [1.165, 1.54) is 0 Å². The third-order valence-electron chi connectivity index (χ3n) is 4.94. The Hall–Kier alpha value is -2.33. The Labute approximate surface area is 198 Å². The van der Waals surface area contributed by atoms with Crippen molar-refractivity contribution in [1.29, 1.82) is 0 Å². The van der Waals surface area contributed by atoms with Gasteiger partial charge in [0.1, 0.15) is 5.82 Å². The van der Waals surface area contributed by atoms with Crippen molar-refractivity contribution < 1.29 is 0 Å². The molecular formula is C21H25ClIN7. The van der Waals surface area contributed by atoms with Crippen molar-refractivity contribution in [3.05, 3.63) is 71.6 Å². The fourth-order valence-corrected chi connectivity index (χ4v) is 3.51. The van der Waals surface area contributed by atoms with Gasteiger partial charge in [0.05, 0.1) is 11.9 Å². The Morgan fingerprint density at radius 2 is 1.87 bits per heavy atom. The maximum Gasteiger partial charge on any atom is 0.194 e. The van der Waals surface area contributed by atoms with Gasteiger partial charge in [-0.25, -0.2) is 9.67 Å². The van der Waals surface area contributed by atoms with E-state index < -0.39 is 0 Å². The van der Waals surface area contributed by atoms with E-state index in [1.54, 1.807) is 0 Å². The molecule has 9 heteroatoms. The minimum Gasteiger partial charge on any atom is -0.353 e. The molecule has 1 aromatic carbocycles. The Kier molecular flexibility index (Phi) is 7.92. The second-order valence-corrected chi connectivity index (χ2v) is 7.27. The van der Waals surface area contributed by atoms with Crippen LogP contribution in [-0.4, -0.2) is 58.9 Å². The number of guanidine groups is 1. The lowest BCUT2D eigenvalue weighted by atomic mass is 10.3. The van der Waals surface area contributed by atoms with Crippen LogP contribution in [0.4, 0.5) is 5.82 Å². The molecule has 0 aliphatic carbocycles. The topological polar surface area (TPSA) is 61.6 Å². The number of aliphatic imine (C=N–C) groups is 1. The van der Waals surface area contributed by atoms with Crippen molar-refractivity contribution in [2.45, 2.75) is 6.54 Å². The number of nitrogens with zero attached hydrogens (tertiary/aromatic N) is 6. The number of hydrogen-bond donors (Lipinski definition) is 1. The van der Waals surface area contributed by atoms with Gasteiger partial charge in [-0.15, -0.1) is 24.0 Å². The largest absolute Gasteiger partial charge is 0.353 e. The molecule has 4 rings (SSSR count). The summed E-state index contributed by atoms with van der Waals surface area (Å²) in [7, 11) is 1.82. The van der Waals surface area contributed by atoms with Gasteiger partial charge in [0.15, 0.2) is 5.96 Å². The predicted molar refractivity (Wildman–Crippen MR) is 132 cm³/mol. The van der Waals surface area contributed by atoms with E-state index in [0.717, 1.165) is 54.2 Å². The number of pyridine rings is 1. The first-order valence-electron chi connectivity index (χ1n) is 9.64. The lowest BCUT2D eigenvalue weighted by Crippen LogP contribution is -2.52. The number of benzene rings is 1. The molecule has 1 N–H and O–H groups in total. The van der Waals surface area contributed by atoms with Crippen LogP contribution in [0.5, 0.6) is 0 Å². The van der Waals surface area contributed by atoms with Crippen LogP contribution >= 0.6 is 35.6 Å². The first-order valence-corrected chi connectivity index (χ1v) is 10.0. The van der Waals surface area contributed by atoms with Crippen molar-refractivity contribution in [3.63, 3.8) is 0 Å². The van der Waals surface area contributed by atoms with Crippen LogP contribution in [0.2, 0.25) is 5.02 Å². The normalized spacial score (nSPS) is 14.4. The molecule has 0 spiro atoms. The molecule has 158 valence electrons. The fourth-order valence-electron chi connectivity index (χ4n) is 3.39. The van der Waals surface area contributed by atoms with Gasteiger partial charge >= 0.3 is 0 Å². The number of hydrogen-bond acceptors (Lipinski definition) is 4. The highest BCUT2D eigenvalue weighted by Crippen LogP contribution is 2.14. The lowest BCUT2D eigenvalue weighted by Gasteiger charge is -2.37. The molecule has 0 radical (unpaired) electrons. The van der Waals surface area contributed by atoms with Crippen LogP contribution in [0.15, 0.2) is 66.0 Å². The molecule has 0 saturated carbocycles. The predicted octanol–water partition coefficient (Wildman–Crippen LogP) is 3.44. The summed E-state index contributed by atoms with van der Waals surface area (Å²) in [5, 5.41) is 8.61. The summed E-state index contributed by atoms with van der Waals surface area (Å²) < 4.78 is 1.85. The van der Waals surface area contributed by atoms with E-state index in [0.29, 0.717) is 6.54 Å². The van der Waals surface area contributed by atoms with Crippen LogP contribution in [0, 0.1) is 0 Å². The van der Waals surface area contributed by atoms with Gasteiger partial charge in [-0.05, 0) is 36.4 Å². The first kappa shape index (κ1) is 22.4. The van der Waals surface area contributed by atoms with E-state index in [1.807, 2.05) is 66.7 Å². The highest BCUT2D eigenvalue weighted by atomic mass is 127. The van der Waals surface area contributed by atoms with Gasteiger partial charge in [-0.3, -0.25) is 4.99 Å². The standard InChI is InChI=1S/C21H24ClN7.HI/c1-23-21(28-12-10-27(11-13-28)20-4-2-3-9-24-20)25-14-17-15-26-29(16-17)19-7-5-18(22)6-8-19;/h2-9,15-16H,10-14H2,1H3,(H,23,25);1H. The number of anilines is 1. The molecule has 1 fully saturated rings. The van der Waals surface area contributed by atoms with Crippen molar-refractivity contribution >= 4 is 47.4 Å². The summed E-state index contributed by atoms with van der Waals surface area (Å²) >= 11 is 5.96. The SMILES string of the molecule is CN=C(NCc1cnn(-c2ccc(Cl)cc2)c1)N1CCN(c2ccccn2)CC1.I. The third-order valence-corrected chi connectivity index (χ3v) is 5.19. The molecular weight excluding hydrogens is 513 g/mol. The molecule has 1 aliphatic heterocycles. The van der Waals surface area contributed by atoms with E-state index in [2.05, 4.69) is 36.3 Å². The van der Waals surface area contributed by atoms with Crippen LogP contribution in [0.25, 0.3) is 5.69 Å². The van der Waals surface area contributed by atoms with E-state index in [-0.39, 0.29) is 24.0 Å². The zero-order valence-corrected chi connectivity index (χ0v) is 19.9. The summed E-state index contributed by atoms with van der Waals surface area (Å²) in [5.41, 5.74) is 2.07. The van der Waals surface area contributed by atoms with Crippen molar-refractivity contribution in [3.8, 4) is 5.69 Å². The number of nitrogens with one attached hydrogen (secondary N) is 1. The molecule has 1 saturated heterocycles. The van der Waals surface area contributed by atoms with Crippen molar-refractivity contribution in [2.75, 3.05) is 38.1 Å². The Balaban J connectivity index is 0.00000256. The summed E-state index contributed by atoms with van der Waals surface area (Å²) in [6.07, 6.45) is 5.73. The minimum absolute atomic E-state index is 0. The highest BCUT2D eigenvalue weighted by Gasteiger charge is 2.20. The van der Waals surface area contributed by atoms with Gasteiger partial charge in [-0.2, -0.15) is 5.10 Å². The van der Waals surface area contributed by atoms with Gasteiger partial charge in [-0.1, -0.05) is 17.7 Å². The highest BCUT2D eigenvalue weighted by molar-refractivity contribution is 14.0. The number of aromatic nitrogens is 3. The fraction of sp³-hybridized carbons (Fsp3) is 0.286. The summed E-state index contributed by atoms with van der Waals surface area (Å²) in [5.74, 6) is 1.94. The maximum absolute atomic E-state index is 5.96. The smallest absolute Gasteiger partial charge is 0.194 e. The Morgan fingerprint density at radius 3 is 2.53 bits per heavy atom.